The second-order valence-electron chi connectivity index (χ2n) is 4.01. The van der Waals surface area contributed by atoms with Gasteiger partial charge in [0.15, 0.2) is 5.84 Å². The molecule has 0 aliphatic rings. The van der Waals surface area contributed by atoms with Gasteiger partial charge in [0.1, 0.15) is 0 Å². The number of amidine groups is 1. The van der Waals surface area contributed by atoms with E-state index < -0.39 is 0 Å². The van der Waals surface area contributed by atoms with Crippen molar-refractivity contribution >= 4 is 17.2 Å². The van der Waals surface area contributed by atoms with Crippen molar-refractivity contribution in [3.63, 3.8) is 0 Å². The van der Waals surface area contributed by atoms with E-state index in [-0.39, 0.29) is 17.9 Å². The van der Waals surface area contributed by atoms with Gasteiger partial charge < -0.3 is 10.9 Å². The second kappa shape index (κ2) is 7.29. The number of thiophene rings is 1. The highest BCUT2D eigenvalue weighted by Crippen LogP contribution is 2.24. The van der Waals surface area contributed by atoms with Crippen LogP contribution in [0.4, 0.5) is 0 Å². The van der Waals surface area contributed by atoms with E-state index in [1.807, 2.05) is 6.92 Å². The molecule has 17 heavy (non-hydrogen) atoms. The van der Waals surface area contributed by atoms with E-state index >= 15 is 0 Å². The van der Waals surface area contributed by atoms with Crippen LogP contribution in [0.2, 0.25) is 0 Å². The predicted octanol–water partition coefficient (Wildman–Crippen LogP) is 2.70. The van der Waals surface area contributed by atoms with Gasteiger partial charge in [-0.3, -0.25) is 5.32 Å². The summed E-state index contributed by atoms with van der Waals surface area (Å²) in [4.78, 5) is 1.30. The second-order valence-corrected chi connectivity index (χ2v) is 4.99. The zero-order valence-electron chi connectivity index (χ0n) is 10.4. The van der Waals surface area contributed by atoms with E-state index in [4.69, 9.17) is 10.9 Å². The van der Waals surface area contributed by atoms with E-state index in [1.54, 1.807) is 11.3 Å². The van der Waals surface area contributed by atoms with Crippen molar-refractivity contribution in [3.8, 4) is 0 Å². The molecule has 1 rings (SSSR count). The topological polar surface area (TPSA) is 70.6 Å². The number of hydrogen-bond donors (Lipinski definition) is 3. The van der Waals surface area contributed by atoms with Gasteiger partial charge in [-0.25, -0.2) is 0 Å². The highest BCUT2D eigenvalue weighted by molar-refractivity contribution is 7.10. The number of rotatable bonds is 7. The molecule has 2 unspecified atom stereocenters. The maximum atomic E-state index is 8.74. The van der Waals surface area contributed by atoms with Crippen molar-refractivity contribution in [2.75, 3.05) is 0 Å². The molecule has 0 saturated heterocycles. The monoisotopic (exact) mass is 255 g/mol. The van der Waals surface area contributed by atoms with Gasteiger partial charge in [0.2, 0.25) is 0 Å². The fourth-order valence-corrected chi connectivity index (χ4v) is 2.63. The lowest BCUT2D eigenvalue weighted by Crippen LogP contribution is -2.42. The molecule has 5 heteroatoms. The summed E-state index contributed by atoms with van der Waals surface area (Å²) in [5, 5.41) is 17.4. The molecular weight excluding hydrogens is 234 g/mol. The van der Waals surface area contributed by atoms with Crippen molar-refractivity contribution < 1.29 is 5.21 Å². The Bertz CT molecular complexity index is 338. The van der Waals surface area contributed by atoms with Gasteiger partial charge in [0.25, 0.3) is 0 Å². The molecule has 0 fully saturated rings. The first kappa shape index (κ1) is 14.0. The molecule has 96 valence electrons. The number of hydrogen-bond acceptors (Lipinski definition) is 4. The maximum absolute atomic E-state index is 8.74. The molecule has 0 saturated carbocycles. The highest BCUT2D eigenvalue weighted by Gasteiger charge is 2.18. The van der Waals surface area contributed by atoms with Gasteiger partial charge in [-0.1, -0.05) is 31.5 Å². The lowest BCUT2D eigenvalue weighted by atomic mass is 10.1. The third-order valence-electron chi connectivity index (χ3n) is 2.75. The van der Waals surface area contributed by atoms with Gasteiger partial charge in [-0.05, 0) is 24.3 Å². The Hall–Kier alpha value is -1.07. The third kappa shape index (κ3) is 4.02. The summed E-state index contributed by atoms with van der Waals surface area (Å²) < 4.78 is 0. The minimum atomic E-state index is -0.0707. The Kier molecular flexibility index (Phi) is 6.00. The molecule has 1 aromatic heterocycles. The Balaban J connectivity index is 2.72. The molecule has 0 radical (unpaired) electrons. The summed E-state index contributed by atoms with van der Waals surface area (Å²) >= 11 is 1.74. The highest BCUT2D eigenvalue weighted by atomic mass is 32.1. The van der Waals surface area contributed by atoms with E-state index in [0.717, 1.165) is 19.3 Å². The van der Waals surface area contributed by atoms with E-state index in [2.05, 4.69) is 34.9 Å². The van der Waals surface area contributed by atoms with Crippen LogP contribution in [0.1, 0.15) is 44.0 Å². The molecule has 1 aromatic rings. The Morgan fingerprint density at radius 3 is 2.82 bits per heavy atom. The van der Waals surface area contributed by atoms with Crippen LogP contribution in [0.15, 0.2) is 22.7 Å². The van der Waals surface area contributed by atoms with Crippen LogP contribution in [0, 0.1) is 0 Å². The Morgan fingerprint density at radius 2 is 2.35 bits per heavy atom. The predicted molar refractivity (Wildman–Crippen MR) is 72.6 cm³/mol. The summed E-state index contributed by atoms with van der Waals surface area (Å²) in [5.41, 5.74) is 5.67. The van der Waals surface area contributed by atoms with Crippen molar-refractivity contribution in [1.29, 1.82) is 0 Å². The summed E-state index contributed by atoms with van der Waals surface area (Å²) in [6.07, 6.45) is 2.96. The van der Waals surface area contributed by atoms with Gasteiger partial charge in [-0.15, -0.1) is 11.3 Å². The molecular formula is C12H21N3OS. The zero-order valence-corrected chi connectivity index (χ0v) is 11.2. The number of nitrogens with zero attached hydrogens (tertiary/aromatic N) is 1. The standard InChI is InChI=1S/C12H21N3OS/c1-3-6-10(11-7-5-8-17-11)14-9(4-2)12(13)15-16/h5,7-10,14,16H,3-4,6H2,1-2H3,(H2,13,15). The molecule has 0 aliphatic carbocycles. The van der Waals surface area contributed by atoms with Crippen molar-refractivity contribution in [3.05, 3.63) is 22.4 Å². The SMILES string of the molecule is CCCC(NC(CC)/C(N)=N/O)c1cccs1. The van der Waals surface area contributed by atoms with Crippen molar-refractivity contribution in [2.24, 2.45) is 10.9 Å². The van der Waals surface area contributed by atoms with Crippen LogP contribution in [0.25, 0.3) is 0 Å². The first-order valence-electron chi connectivity index (χ1n) is 5.99. The molecule has 0 amide bonds. The quantitative estimate of drug-likeness (QED) is 0.304. The lowest BCUT2D eigenvalue weighted by Gasteiger charge is -2.23. The van der Waals surface area contributed by atoms with Crippen LogP contribution in [-0.2, 0) is 0 Å². The Morgan fingerprint density at radius 1 is 1.59 bits per heavy atom. The van der Waals surface area contributed by atoms with Crippen molar-refractivity contribution in [2.45, 2.75) is 45.2 Å². The first-order valence-corrected chi connectivity index (χ1v) is 6.87. The van der Waals surface area contributed by atoms with Gasteiger partial charge in [0, 0.05) is 10.9 Å². The number of nitrogens with one attached hydrogen (secondary N) is 1. The fraction of sp³-hybridized carbons (Fsp3) is 0.583. The number of nitrogens with two attached hydrogens (primary N) is 1. The van der Waals surface area contributed by atoms with Crippen LogP contribution in [0.5, 0.6) is 0 Å². The van der Waals surface area contributed by atoms with Gasteiger partial charge >= 0.3 is 0 Å². The summed E-state index contributed by atoms with van der Waals surface area (Å²) in [5.74, 6) is 0.255. The summed E-state index contributed by atoms with van der Waals surface area (Å²) in [7, 11) is 0. The minimum Gasteiger partial charge on any atom is -0.409 e. The molecule has 2 atom stereocenters. The Labute approximate surface area is 107 Å². The molecule has 4 nitrogen and oxygen atoms in total. The summed E-state index contributed by atoms with van der Waals surface area (Å²) in [6.45, 7) is 4.18. The van der Waals surface area contributed by atoms with Crippen molar-refractivity contribution in [1.82, 2.24) is 5.32 Å². The van der Waals surface area contributed by atoms with Gasteiger partial charge in [-0.2, -0.15) is 0 Å². The molecule has 0 aliphatic heterocycles. The summed E-state index contributed by atoms with van der Waals surface area (Å²) in [6, 6.07) is 4.38. The largest absolute Gasteiger partial charge is 0.409 e. The van der Waals surface area contributed by atoms with Crippen LogP contribution >= 0.6 is 11.3 Å². The molecule has 0 aromatic carbocycles. The zero-order chi connectivity index (χ0) is 12.7. The molecule has 0 spiro atoms. The smallest absolute Gasteiger partial charge is 0.156 e. The molecule has 0 bridgehead atoms. The first-order chi connectivity index (χ1) is 8.22. The number of oxime groups is 1. The van der Waals surface area contributed by atoms with Crippen LogP contribution in [-0.4, -0.2) is 17.1 Å². The maximum Gasteiger partial charge on any atom is 0.156 e. The van der Waals surface area contributed by atoms with Crippen LogP contribution < -0.4 is 11.1 Å². The fourth-order valence-electron chi connectivity index (χ4n) is 1.81. The van der Waals surface area contributed by atoms with Crippen LogP contribution in [0.3, 0.4) is 0 Å². The lowest BCUT2D eigenvalue weighted by molar-refractivity contribution is 0.312. The molecule has 4 N–H and O–H groups in total. The van der Waals surface area contributed by atoms with E-state index in [1.165, 1.54) is 4.88 Å². The normalized spacial score (nSPS) is 15.8. The molecule has 1 heterocycles. The third-order valence-corrected chi connectivity index (χ3v) is 3.73. The van der Waals surface area contributed by atoms with E-state index in [9.17, 15) is 0 Å². The average molecular weight is 255 g/mol. The minimum absolute atomic E-state index is 0.0707. The van der Waals surface area contributed by atoms with Gasteiger partial charge in [0.05, 0.1) is 6.04 Å². The average Bonchev–Trinajstić information content (AvgIpc) is 2.87. The van der Waals surface area contributed by atoms with E-state index in [0.29, 0.717) is 0 Å².